The normalized spacial score (nSPS) is 11.2. The second-order valence-corrected chi connectivity index (χ2v) is 8.23. The molecule has 1 heterocycles. The Morgan fingerprint density at radius 1 is 1.38 bits per heavy atom. The summed E-state index contributed by atoms with van der Waals surface area (Å²) in [5.41, 5.74) is -0.869. The van der Waals surface area contributed by atoms with Crippen molar-refractivity contribution in [3.63, 3.8) is 0 Å². The van der Waals surface area contributed by atoms with E-state index in [1.165, 1.54) is 31.2 Å². The van der Waals surface area contributed by atoms with Gasteiger partial charge in [-0.05, 0) is 50.9 Å². The topological polar surface area (TPSA) is 104 Å². The van der Waals surface area contributed by atoms with Crippen molar-refractivity contribution in [2.75, 3.05) is 0 Å². The van der Waals surface area contributed by atoms with Crippen molar-refractivity contribution in [2.24, 2.45) is 0 Å². The maximum atomic E-state index is 12.3. The largest absolute Gasteiger partial charge is 0.454 e. The molecular weight excluding hydrogens is 473 g/mol. The molecule has 1 aromatic carbocycles. The van der Waals surface area contributed by atoms with Gasteiger partial charge in [-0.25, -0.2) is 0 Å². The Bertz CT molecular complexity index is 867. The molecule has 0 radical (unpaired) electrons. The van der Waals surface area contributed by atoms with Crippen molar-refractivity contribution >= 4 is 54.9 Å². The third-order valence-corrected chi connectivity index (χ3v) is 4.99. The molecule has 2 rings (SSSR count). The summed E-state index contributed by atoms with van der Waals surface area (Å²) >= 11 is 12.1. The molecule has 0 atom stereocenters. The van der Waals surface area contributed by atoms with Crippen molar-refractivity contribution in [3.8, 4) is 11.5 Å². The predicted molar refractivity (Wildman–Crippen MR) is 93.2 cm³/mol. The number of aromatic nitrogens is 2. The first-order chi connectivity index (χ1) is 11.1. The number of non-ortho nitro benzene ring substituents is 1. The monoisotopic (exact) mass is 479 g/mol. The number of halogens is 3. The molecule has 11 heteroatoms. The third kappa shape index (κ3) is 3.65. The number of nitrogens with zero attached hydrogens (tertiary/aromatic N) is 3. The molecule has 0 bridgehead atoms. The van der Waals surface area contributed by atoms with Gasteiger partial charge in [-0.2, -0.15) is 9.78 Å². The third-order valence-electron chi connectivity index (χ3n) is 2.85. The molecule has 0 aliphatic rings. The van der Waals surface area contributed by atoms with Gasteiger partial charge in [-0.15, -0.1) is 0 Å². The molecule has 0 spiro atoms. The van der Waals surface area contributed by atoms with E-state index in [1.807, 2.05) is 0 Å². The number of ketones is 1. The Morgan fingerprint density at radius 2 is 1.96 bits per heavy atom. The summed E-state index contributed by atoms with van der Waals surface area (Å²) in [6, 6.07) is 5.20. The standard InChI is InChI=1S/C13H8Br2ClN3O5/c1-7(20)13(14,15)18-12(21)11(16)10(6-17-18)24-9-4-2-8(3-5-9)19(22)23/h2-6H,1H3. The Morgan fingerprint density at radius 3 is 2.46 bits per heavy atom. The number of nitro benzene ring substituents is 1. The van der Waals surface area contributed by atoms with Gasteiger partial charge in [0, 0.05) is 12.1 Å². The Hall–Kier alpha value is -1.78. The average Bonchev–Trinajstić information content (AvgIpc) is 2.52. The lowest BCUT2D eigenvalue weighted by molar-refractivity contribution is -0.384. The van der Waals surface area contributed by atoms with Crippen LogP contribution >= 0.6 is 43.5 Å². The number of Topliss-reactive ketones (excluding diaryl/α,β-unsaturated/α-hetero) is 1. The molecule has 24 heavy (non-hydrogen) atoms. The summed E-state index contributed by atoms with van der Waals surface area (Å²) in [4.78, 5) is 33.9. The van der Waals surface area contributed by atoms with Crippen LogP contribution in [0.3, 0.4) is 0 Å². The second-order valence-electron chi connectivity index (χ2n) is 4.49. The van der Waals surface area contributed by atoms with E-state index in [-0.39, 0.29) is 22.2 Å². The molecule has 0 saturated heterocycles. The summed E-state index contributed by atoms with van der Waals surface area (Å²) in [5, 5.41) is 14.2. The van der Waals surface area contributed by atoms with Gasteiger partial charge in [-0.1, -0.05) is 11.6 Å². The number of nitro groups is 1. The lowest BCUT2D eigenvalue weighted by Crippen LogP contribution is -2.38. The summed E-state index contributed by atoms with van der Waals surface area (Å²) < 4.78 is 4.71. The van der Waals surface area contributed by atoms with Gasteiger partial charge in [0.1, 0.15) is 5.75 Å². The zero-order chi connectivity index (χ0) is 18.1. The zero-order valence-corrected chi connectivity index (χ0v) is 15.8. The van der Waals surface area contributed by atoms with Gasteiger partial charge in [0.25, 0.3) is 11.2 Å². The highest BCUT2D eigenvalue weighted by Crippen LogP contribution is 2.33. The van der Waals surface area contributed by atoms with Crippen LogP contribution in [0.5, 0.6) is 11.5 Å². The van der Waals surface area contributed by atoms with Crippen LogP contribution in [-0.4, -0.2) is 20.5 Å². The molecule has 0 saturated carbocycles. The van der Waals surface area contributed by atoms with Crippen molar-refractivity contribution in [1.82, 2.24) is 9.78 Å². The van der Waals surface area contributed by atoms with Gasteiger partial charge in [0.15, 0.2) is 16.6 Å². The number of ether oxygens (including phenoxy) is 1. The van der Waals surface area contributed by atoms with Crippen LogP contribution in [-0.2, 0) is 8.15 Å². The minimum absolute atomic E-state index is 0.0499. The van der Waals surface area contributed by atoms with Gasteiger partial charge in [-0.3, -0.25) is 19.7 Å². The summed E-state index contributed by atoms with van der Waals surface area (Å²) in [6.07, 6.45) is 1.16. The predicted octanol–water partition coefficient (Wildman–Crippen LogP) is 3.59. The summed E-state index contributed by atoms with van der Waals surface area (Å²) in [6.45, 7) is 1.26. The summed E-state index contributed by atoms with van der Waals surface area (Å²) in [5.74, 6) is -0.236. The van der Waals surface area contributed by atoms with E-state index >= 15 is 0 Å². The molecule has 0 N–H and O–H groups in total. The first-order valence-electron chi connectivity index (χ1n) is 6.24. The maximum Gasteiger partial charge on any atom is 0.291 e. The number of carbonyl (C=O) groups excluding carboxylic acids is 1. The Kier molecular flexibility index (Phi) is 5.41. The molecule has 0 aliphatic heterocycles. The first kappa shape index (κ1) is 18.6. The van der Waals surface area contributed by atoms with Crippen LogP contribution in [0.1, 0.15) is 6.92 Å². The van der Waals surface area contributed by atoms with Crippen LogP contribution in [0.2, 0.25) is 5.02 Å². The van der Waals surface area contributed by atoms with Crippen molar-refractivity contribution in [3.05, 3.63) is 56.0 Å². The van der Waals surface area contributed by atoms with Crippen molar-refractivity contribution in [1.29, 1.82) is 0 Å². The highest BCUT2D eigenvalue weighted by Gasteiger charge is 2.34. The van der Waals surface area contributed by atoms with Gasteiger partial charge in [0.05, 0.1) is 11.1 Å². The van der Waals surface area contributed by atoms with E-state index < -0.39 is 19.6 Å². The van der Waals surface area contributed by atoms with Gasteiger partial charge >= 0.3 is 0 Å². The smallest absolute Gasteiger partial charge is 0.291 e. The fourth-order valence-corrected chi connectivity index (χ4v) is 2.27. The number of hydrogen-bond acceptors (Lipinski definition) is 6. The fraction of sp³-hybridized carbons (Fsp3) is 0.154. The highest BCUT2D eigenvalue weighted by atomic mass is 79.9. The summed E-state index contributed by atoms with van der Waals surface area (Å²) in [7, 11) is 0. The van der Waals surface area contributed by atoms with E-state index in [1.54, 1.807) is 0 Å². The van der Waals surface area contributed by atoms with E-state index in [9.17, 15) is 19.7 Å². The molecule has 0 amide bonds. The van der Waals surface area contributed by atoms with Crippen LogP contribution in [0, 0.1) is 10.1 Å². The lowest BCUT2D eigenvalue weighted by Gasteiger charge is -2.19. The average molecular weight is 481 g/mol. The quantitative estimate of drug-likeness (QED) is 0.367. The number of benzene rings is 1. The molecule has 2 aromatic rings. The molecule has 1 aromatic heterocycles. The Balaban J connectivity index is 2.36. The van der Waals surface area contributed by atoms with E-state index in [0.29, 0.717) is 0 Å². The number of hydrogen-bond donors (Lipinski definition) is 0. The van der Waals surface area contributed by atoms with Gasteiger partial charge < -0.3 is 4.74 Å². The molecule has 0 unspecified atom stereocenters. The molecule has 0 aliphatic carbocycles. The lowest BCUT2D eigenvalue weighted by atomic mass is 10.3. The molecule has 126 valence electrons. The molecule has 0 fully saturated rings. The number of rotatable bonds is 5. The second kappa shape index (κ2) is 6.99. The zero-order valence-electron chi connectivity index (χ0n) is 11.9. The fourth-order valence-electron chi connectivity index (χ4n) is 1.60. The van der Waals surface area contributed by atoms with Crippen molar-refractivity contribution in [2.45, 2.75) is 10.3 Å². The Labute approximate surface area is 156 Å². The van der Waals surface area contributed by atoms with Crippen LogP contribution in [0.15, 0.2) is 35.3 Å². The highest BCUT2D eigenvalue weighted by molar-refractivity contribution is 9.25. The maximum absolute atomic E-state index is 12.3. The van der Waals surface area contributed by atoms with Crippen LogP contribution in [0.25, 0.3) is 0 Å². The number of alkyl halides is 2. The number of carbonyl (C=O) groups is 1. The SMILES string of the molecule is CC(=O)C(Br)(Br)n1ncc(Oc2ccc([N+](=O)[O-])cc2)c(Cl)c1=O. The van der Waals surface area contributed by atoms with Crippen LogP contribution < -0.4 is 10.3 Å². The van der Waals surface area contributed by atoms with E-state index in [2.05, 4.69) is 37.0 Å². The van der Waals surface area contributed by atoms with E-state index in [4.69, 9.17) is 16.3 Å². The minimum Gasteiger partial charge on any atom is -0.454 e. The first-order valence-corrected chi connectivity index (χ1v) is 8.20. The van der Waals surface area contributed by atoms with Gasteiger partial charge in [0.2, 0.25) is 3.36 Å². The van der Waals surface area contributed by atoms with Crippen molar-refractivity contribution < 1.29 is 14.5 Å². The van der Waals surface area contributed by atoms with Crippen LogP contribution in [0.4, 0.5) is 5.69 Å². The van der Waals surface area contributed by atoms with E-state index in [0.717, 1.165) is 10.9 Å². The minimum atomic E-state index is -1.52. The molecular formula is C13H8Br2ClN3O5. The molecule has 8 nitrogen and oxygen atoms in total.